The molecule has 86 valence electrons. The summed E-state index contributed by atoms with van der Waals surface area (Å²) < 4.78 is 7.04. The smallest absolute Gasteiger partial charge is 0.189 e. The Morgan fingerprint density at radius 2 is 2.12 bits per heavy atom. The van der Waals surface area contributed by atoms with Gasteiger partial charge in [-0.05, 0) is 24.3 Å². The van der Waals surface area contributed by atoms with Gasteiger partial charge in [0.05, 0.1) is 0 Å². The van der Waals surface area contributed by atoms with Gasteiger partial charge in [0.25, 0.3) is 0 Å². The number of nitriles is 1. The van der Waals surface area contributed by atoms with Gasteiger partial charge in [0.1, 0.15) is 24.1 Å². The molecule has 0 N–H and O–H groups in total. The monoisotopic (exact) mass is 248 g/mol. The maximum absolute atomic E-state index is 8.83. The Balaban J connectivity index is 2.10. The molecule has 2 aromatic rings. The molecule has 0 spiro atoms. The van der Waals surface area contributed by atoms with Crippen molar-refractivity contribution in [3.05, 3.63) is 40.7 Å². The van der Waals surface area contributed by atoms with Crippen LogP contribution in [0.4, 0.5) is 0 Å². The number of hydrogen-bond acceptors (Lipinski definition) is 4. The van der Waals surface area contributed by atoms with Gasteiger partial charge in [-0.25, -0.2) is 4.68 Å². The topological polar surface area (TPSA) is 63.7 Å². The van der Waals surface area contributed by atoms with Crippen molar-refractivity contribution < 1.29 is 4.74 Å². The minimum absolute atomic E-state index is 0.244. The van der Waals surface area contributed by atoms with Crippen LogP contribution in [0.1, 0.15) is 11.4 Å². The molecule has 17 heavy (non-hydrogen) atoms. The second kappa shape index (κ2) is 4.85. The third-order valence-electron chi connectivity index (χ3n) is 2.24. The molecule has 0 saturated carbocycles. The number of nitrogens with zero attached hydrogens (tertiary/aromatic N) is 4. The zero-order valence-corrected chi connectivity index (χ0v) is 9.85. The number of ether oxygens (including phenoxy) is 1. The second-order valence-corrected chi connectivity index (χ2v) is 3.80. The van der Waals surface area contributed by atoms with Crippen LogP contribution in [0.5, 0.6) is 5.75 Å². The van der Waals surface area contributed by atoms with Gasteiger partial charge in [0, 0.05) is 12.1 Å². The summed E-state index contributed by atoms with van der Waals surface area (Å²) in [6.07, 6.45) is 0. The van der Waals surface area contributed by atoms with E-state index in [-0.39, 0.29) is 12.3 Å². The zero-order chi connectivity index (χ0) is 12.3. The highest BCUT2D eigenvalue weighted by Crippen LogP contribution is 2.17. The van der Waals surface area contributed by atoms with Crippen LogP contribution in [0.15, 0.2) is 24.3 Å². The summed E-state index contributed by atoms with van der Waals surface area (Å²) in [7, 11) is 1.72. The molecule has 0 saturated heterocycles. The summed E-state index contributed by atoms with van der Waals surface area (Å²) in [5.41, 5.74) is 0.920. The fraction of sp³-hybridized carbons (Fsp3) is 0.182. The normalized spacial score (nSPS) is 9.94. The summed E-state index contributed by atoms with van der Waals surface area (Å²) in [4.78, 5) is 0. The number of benzene rings is 1. The van der Waals surface area contributed by atoms with Crippen LogP contribution in [0, 0.1) is 11.3 Å². The lowest BCUT2D eigenvalue weighted by molar-refractivity contribution is 0.294. The Labute approximate surface area is 103 Å². The van der Waals surface area contributed by atoms with Crippen LogP contribution < -0.4 is 4.74 Å². The van der Waals surface area contributed by atoms with Gasteiger partial charge < -0.3 is 4.74 Å². The maximum Gasteiger partial charge on any atom is 0.189 e. The predicted octanol–water partition coefficient (Wildman–Crippen LogP) is 1.92. The van der Waals surface area contributed by atoms with E-state index in [1.165, 1.54) is 4.68 Å². The highest BCUT2D eigenvalue weighted by Gasteiger charge is 2.10. The minimum Gasteiger partial charge on any atom is -0.487 e. The molecular weight excluding hydrogens is 240 g/mol. The number of hydrogen-bond donors (Lipinski definition) is 0. The molecule has 6 heteroatoms. The molecule has 1 aromatic carbocycles. The van der Waals surface area contributed by atoms with Crippen LogP contribution in [0.2, 0.25) is 5.02 Å². The standard InChI is InChI=1S/C11H9ClN4O/c1-16-11(10(6-13)14-15-16)7-17-9-4-2-8(12)3-5-9/h2-5H,7H2,1H3. The highest BCUT2D eigenvalue weighted by molar-refractivity contribution is 6.30. The quantitative estimate of drug-likeness (QED) is 0.832. The van der Waals surface area contributed by atoms with Crippen molar-refractivity contribution in [3.8, 4) is 11.8 Å². The average Bonchev–Trinajstić information content (AvgIpc) is 2.69. The molecule has 0 aliphatic heterocycles. The average molecular weight is 249 g/mol. The van der Waals surface area contributed by atoms with Gasteiger partial charge in [-0.1, -0.05) is 16.8 Å². The van der Waals surface area contributed by atoms with Gasteiger partial charge in [0.2, 0.25) is 0 Å². The van der Waals surface area contributed by atoms with Crippen molar-refractivity contribution in [1.82, 2.24) is 15.0 Å². The molecule has 0 radical (unpaired) electrons. The lowest BCUT2D eigenvalue weighted by Crippen LogP contribution is -2.04. The van der Waals surface area contributed by atoms with Crippen molar-refractivity contribution in [2.45, 2.75) is 6.61 Å². The van der Waals surface area contributed by atoms with Gasteiger partial charge in [-0.3, -0.25) is 0 Å². The summed E-state index contributed by atoms with van der Waals surface area (Å²) in [6, 6.07) is 8.97. The number of aryl methyl sites for hydroxylation is 1. The molecule has 0 unspecified atom stereocenters. The molecule has 0 aliphatic carbocycles. The molecule has 0 atom stereocenters. The van der Waals surface area contributed by atoms with E-state index in [0.29, 0.717) is 16.5 Å². The van der Waals surface area contributed by atoms with E-state index in [1.807, 2.05) is 6.07 Å². The van der Waals surface area contributed by atoms with Crippen LogP contribution in [0.3, 0.4) is 0 Å². The van der Waals surface area contributed by atoms with Crippen LogP contribution >= 0.6 is 11.6 Å². The first kappa shape index (κ1) is 11.4. The molecular formula is C11H9ClN4O. The Bertz CT molecular complexity index is 556. The molecule has 1 heterocycles. The number of halogens is 1. The van der Waals surface area contributed by atoms with Crippen LogP contribution in [0.25, 0.3) is 0 Å². The first-order valence-corrected chi connectivity index (χ1v) is 5.25. The Morgan fingerprint density at radius 3 is 2.76 bits per heavy atom. The van der Waals surface area contributed by atoms with Crippen LogP contribution in [-0.2, 0) is 13.7 Å². The predicted molar refractivity (Wildman–Crippen MR) is 61.5 cm³/mol. The SMILES string of the molecule is Cn1nnc(C#N)c1COc1ccc(Cl)cc1. The first-order valence-electron chi connectivity index (χ1n) is 4.87. The zero-order valence-electron chi connectivity index (χ0n) is 9.09. The van der Waals surface area contributed by atoms with Gasteiger partial charge in [0.15, 0.2) is 5.69 Å². The molecule has 0 amide bonds. The van der Waals surface area contributed by atoms with Gasteiger partial charge in [-0.15, -0.1) is 5.10 Å². The third-order valence-corrected chi connectivity index (χ3v) is 2.49. The lowest BCUT2D eigenvalue weighted by atomic mass is 10.3. The summed E-state index contributed by atoms with van der Waals surface area (Å²) in [6.45, 7) is 0.244. The van der Waals surface area contributed by atoms with E-state index in [4.69, 9.17) is 21.6 Å². The molecule has 2 rings (SSSR count). The Kier molecular flexibility index (Phi) is 3.26. The van der Waals surface area contributed by atoms with Crippen LogP contribution in [-0.4, -0.2) is 15.0 Å². The molecule has 5 nitrogen and oxygen atoms in total. The summed E-state index contributed by atoms with van der Waals surface area (Å²) >= 11 is 5.76. The van der Waals surface area contributed by atoms with E-state index in [1.54, 1.807) is 31.3 Å². The van der Waals surface area contributed by atoms with E-state index in [2.05, 4.69) is 10.3 Å². The van der Waals surface area contributed by atoms with E-state index in [0.717, 1.165) is 0 Å². The van der Waals surface area contributed by atoms with E-state index in [9.17, 15) is 0 Å². The molecule has 0 fully saturated rings. The molecule has 0 aliphatic rings. The van der Waals surface area contributed by atoms with Gasteiger partial charge >= 0.3 is 0 Å². The van der Waals surface area contributed by atoms with Crippen molar-refractivity contribution in [1.29, 1.82) is 5.26 Å². The van der Waals surface area contributed by atoms with Crippen molar-refractivity contribution >= 4 is 11.6 Å². The van der Waals surface area contributed by atoms with Crippen molar-refractivity contribution in [3.63, 3.8) is 0 Å². The fourth-order valence-electron chi connectivity index (χ4n) is 1.31. The third kappa shape index (κ3) is 2.55. The molecule has 1 aromatic heterocycles. The van der Waals surface area contributed by atoms with E-state index >= 15 is 0 Å². The van der Waals surface area contributed by atoms with Gasteiger partial charge in [-0.2, -0.15) is 5.26 Å². The van der Waals surface area contributed by atoms with E-state index < -0.39 is 0 Å². The molecule has 0 bridgehead atoms. The number of aromatic nitrogens is 3. The summed E-state index contributed by atoms with van der Waals surface area (Å²) in [5.74, 6) is 0.680. The lowest BCUT2D eigenvalue weighted by Gasteiger charge is -2.05. The largest absolute Gasteiger partial charge is 0.487 e. The summed E-state index contributed by atoms with van der Waals surface area (Å²) in [5, 5.41) is 16.9. The van der Waals surface area contributed by atoms with Crippen molar-refractivity contribution in [2.75, 3.05) is 0 Å². The maximum atomic E-state index is 8.83. The second-order valence-electron chi connectivity index (χ2n) is 3.36. The minimum atomic E-state index is 0.244. The fourth-order valence-corrected chi connectivity index (χ4v) is 1.43. The first-order chi connectivity index (χ1) is 8.20. The Morgan fingerprint density at radius 1 is 1.41 bits per heavy atom. The Hall–Kier alpha value is -2.06. The van der Waals surface area contributed by atoms with Crippen molar-refractivity contribution in [2.24, 2.45) is 7.05 Å². The number of rotatable bonds is 3. The highest BCUT2D eigenvalue weighted by atomic mass is 35.5.